The molecule has 2 nitrogen and oxygen atoms in total. The van der Waals surface area contributed by atoms with Crippen molar-refractivity contribution in [3.8, 4) is 0 Å². The number of carbonyl (C=O) groups is 1. The SMILES string of the molecule is CCCC1CCC(c2ccc(F)cc2)C(=O)O1. The van der Waals surface area contributed by atoms with Crippen LogP contribution in [0.15, 0.2) is 24.3 Å². The molecule has 0 bridgehead atoms. The smallest absolute Gasteiger partial charge is 0.313 e. The average Bonchev–Trinajstić information content (AvgIpc) is 2.31. The van der Waals surface area contributed by atoms with E-state index < -0.39 is 0 Å². The van der Waals surface area contributed by atoms with E-state index in [9.17, 15) is 9.18 Å². The van der Waals surface area contributed by atoms with E-state index in [1.165, 1.54) is 12.1 Å². The highest BCUT2D eigenvalue weighted by Crippen LogP contribution is 2.30. The molecule has 1 heterocycles. The molecule has 1 aromatic rings. The molecule has 0 saturated carbocycles. The van der Waals surface area contributed by atoms with Crippen LogP contribution < -0.4 is 0 Å². The number of rotatable bonds is 3. The summed E-state index contributed by atoms with van der Waals surface area (Å²) in [6.45, 7) is 2.08. The molecule has 92 valence electrons. The Hall–Kier alpha value is -1.38. The van der Waals surface area contributed by atoms with Crippen molar-refractivity contribution >= 4 is 5.97 Å². The normalized spacial score (nSPS) is 24.5. The minimum atomic E-state index is -0.276. The van der Waals surface area contributed by atoms with Gasteiger partial charge in [0.15, 0.2) is 0 Å². The zero-order chi connectivity index (χ0) is 12.3. The maximum Gasteiger partial charge on any atom is 0.313 e. The number of benzene rings is 1. The van der Waals surface area contributed by atoms with Crippen molar-refractivity contribution in [2.75, 3.05) is 0 Å². The molecule has 1 aromatic carbocycles. The minimum Gasteiger partial charge on any atom is -0.462 e. The fourth-order valence-corrected chi connectivity index (χ4v) is 2.30. The molecule has 2 unspecified atom stereocenters. The van der Waals surface area contributed by atoms with Crippen LogP contribution in [0.2, 0.25) is 0 Å². The largest absolute Gasteiger partial charge is 0.462 e. The third-order valence-electron chi connectivity index (χ3n) is 3.23. The number of carbonyl (C=O) groups excluding carboxylic acids is 1. The molecule has 2 atom stereocenters. The minimum absolute atomic E-state index is 0.0733. The molecule has 1 aliphatic heterocycles. The Morgan fingerprint density at radius 3 is 2.59 bits per heavy atom. The fraction of sp³-hybridized carbons (Fsp3) is 0.500. The molecule has 0 aliphatic carbocycles. The monoisotopic (exact) mass is 236 g/mol. The first-order valence-electron chi connectivity index (χ1n) is 6.16. The summed E-state index contributed by atoms with van der Waals surface area (Å²) in [4.78, 5) is 11.8. The van der Waals surface area contributed by atoms with Gasteiger partial charge in [0.05, 0.1) is 5.92 Å². The molecular formula is C14H17FO2. The maximum atomic E-state index is 12.8. The highest BCUT2D eigenvalue weighted by molar-refractivity contribution is 5.79. The first kappa shape index (κ1) is 12.1. The van der Waals surface area contributed by atoms with Gasteiger partial charge in [0, 0.05) is 0 Å². The van der Waals surface area contributed by atoms with Gasteiger partial charge in [0.1, 0.15) is 11.9 Å². The van der Waals surface area contributed by atoms with Crippen LogP contribution in [0.4, 0.5) is 4.39 Å². The molecule has 0 N–H and O–H groups in total. The van der Waals surface area contributed by atoms with Gasteiger partial charge in [0.2, 0.25) is 0 Å². The summed E-state index contributed by atoms with van der Waals surface area (Å²) in [5.41, 5.74) is 0.853. The van der Waals surface area contributed by atoms with Crippen LogP contribution in [0.25, 0.3) is 0 Å². The maximum absolute atomic E-state index is 12.8. The van der Waals surface area contributed by atoms with Gasteiger partial charge in [-0.25, -0.2) is 4.39 Å². The lowest BCUT2D eigenvalue weighted by atomic mass is 9.90. The van der Waals surface area contributed by atoms with Crippen molar-refractivity contribution in [1.82, 2.24) is 0 Å². The summed E-state index contributed by atoms with van der Waals surface area (Å²) >= 11 is 0. The highest BCUT2D eigenvalue weighted by Gasteiger charge is 2.30. The van der Waals surface area contributed by atoms with E-state index in [0.717, 1.165) is 31.2 Å². The molecule has 0 amide bonds. The number of ether oxygens (including phenoxy) is 1. The van der Waals surface area contributed by atoms with E-state index in [-0.39, 0.29) is 23.8 Å². The number of halogens is 1. The fourth-order valence-electron chi connectivity index (χ4n) is 2.30. The van der Waals surface area contributed by atoms with Crippen LogP contribution in [0.5, 0.6) is 0 Å². The second kappa shape index (κ2) is 5.30. The Bertz CT molecular complexity index is 386. The predicted molar refractivity (Wildman–Crippen MR) is 63.2 cm³/mol. The van der Waals surface area contributed by atoms with Crippen molar-refractivity contribution in [2.45, 2.75) is 44.6 Å². The summed E-state index contributed by atoms with van der Waals surface area (Å²) in [5, 5.41) is 0. The van der Waals surface area contributed by atoms with Crippen molar-refractivity contribution < 1.29 is 13.9 Å². The number of cyclic esters (lactones) is 1. The number of esters is 1. The molecule has 0 aromatic heterocycles. The van der Waals surface area contributed by atoms with E-state index in [0.29, 0.717) is 0 Å². The summed E-state index contributed by atoms with van der Waals surface area (Å²) in [5.74, 6) is -0.660. The van der Waals surface area contributed by atoms with E-state index in [1.807, 2.05) is 0 Å². The zero-order valence-electron chi connectivity index (χ0n) is 9.99. The van der Waals surface area contributed by atoms with E-state index in [2.05, 4.69) is 6.92 Å². The standard InChI is InChI=1S/C14H17FO2/c1-2-3-12-8-9-13(14(16)17-12)10-4-6-11(15)7-5-10/h4-7,12-13H,2-3,8-9H2,1H3. The van der Waals surface area contributed by atoms with Crippen LogP contribution in [-0.4, -0.2) is 12.1 Å². The van der Waals surface area contributed by atoms with E-state index in [4.69, 9.17) is 4.74 Å². The van der Waals surface area contributed by atoms with E-state index >= 15 is 0 Å². The molecule has 1 aliphatic rings. The van der Waals surface area contributed by atoms with Crippen molar-refractivity contribution in [1.29, 1.82) is 0 Å². The lowest BCUT2D eigenvalue weighted by Crippen LogP contribution is -2.29. The second-order valence-corrected chi connectivity index (χ2v) is 4.53. The molecule has 1 fully saturated rings. The summed E-state index contributed by atoms with van der Waals surface area (Å²) in [6, 6.07) is 6.12. The molecule has 0 radical (unpaired) electrons. The van der Waals surface area contributed by atoms with Gasteiger partial charge < -0.3 is 4.74 Å². The van der Waals surface area contributed by atoms with Gasteiger partial charge in [-0.2, -0.15) is 0 Å². The van der Waals surface area contributed by atoms with Crippen LogP contribution >= 0.6 is 0 Å². The quantitative estimate of drug-likeness (QED) is 0.752. The van der Waals surface area contributed by atoms with Crippen LogP contribution in [-0.2, 0) is 9.53 Å². The van der Waals surface area contributed by atoms with Crippen molar-refractivity contribution in [2.24, 2.45) is 0 Å². The Balaban J connectivity index is 2.04. The van der Waals surface area contributed by atoms with Crippen LogP contribution in [0, 0.1) is 5.82 Å². The molecule has 0 spiro atoms. The highest BCUT2D eigenvalue weighted by atomic mass is 19.1. The molecule has 3 heteroatoms. The van der Waals surface area contributed by atoms with Gasteiger partial charge in [-0.05, 0) is 37.0 Å². The summed E-state index contributed by atoms with van der Waals surface area (Å²) < 4.78 is 18.2. The topological polar surface area (TPSA) is 26.3 Å². The van der Waals surface area contributed by atoms with Crippen LogP contribution in [0.3, 0.4) is 0 Å². The lowest BCUT2D eigenvalue weighted by Gasteiger charge is -2.28. The van der Waals surface area contributed by atoms with Gasteiger partial charge in [-0.15, -0.1) is 0 Å². The Morgan fingerprint density at radius 2 is 2.00 bits per heavy atom. The third-order valence-corrected chi connectivity index (χ3v) is 3.23. The first-order valence-corrected chi connectivity index (χ1v) is 6.16. The zero-order valence-corrected chi connectivity index (χ0v) is 9.99. The predicted octanol–water partition coefficient (Wildman–Crippen LogP) is 3.42. The van der Waals surface area contributed by atoms with Gasteiger partial charge >= 0.3 is 5.97 Å². The number of hydrogen-bond acceptors (Lipinski definition) is 2. The summed E-state index contributed by atoms with van der Waals surface area (Å²) in [7, 11) is 0. The lowest BCUT2D eigenvalue weighted by molar-refractivity contribution is -0.156. The molecule has 17 heavy (non-hydrogen) atoms. The average molecular weight is 236 g/mol. The van der Waals surface area contributed by atoms with Gasteiger partial charge in [-0.3, -0.25) is 4.79 Å². The molecule has 2 rings (SSSR count). The first-order chi connectivity index (χ1) is 8.20. The second-order valence-electron chi connectivity index (χ2n) is 4.53. The van der Waals surface area contributed by atoms with Gasteiger partial charge in [-0.1, -0.05) is 25.5 Å². The van der Waals surface area contributed by atoms with Crippen LogP contribution in [0.1, 0.15) is 44.1 Å². The van der Waals surface area contributed by atoms with E-state index in [1.54, 1.807) is 12.1 Å². The molecular weight excluding hydrogens is 219 g/mol. The Morgan fingerprint density at radius 1 is 1.29 bits per heavy atom. The Kier molecular flexibility index (Phi) is 3.77. The van der Waals surface area contributed by atoms with Crippen molar-refractivity contribution in [3.05, 3.63) is 35.6 Å². The van der Waals surface area contributed by atoms with Crippen molar-refractivity contribution in [3.63, 3.8) is 0 Å². The Labute approximate surface area is 101 Å². The van der Waals surface area contributed by atoms with Gasteiger partial charge in [0.25, 0.3) is 0 Å². The number of hydrogen-bond donors (Lipinski definition) is 0. The third kappa shape index (κ3) is 2.84. The molecule has 1 saturated heterocycles. The summed E-state index contributed by atoms with van der Waals surface area (Å²) in [6.07, 6.45) is 3.74.